The molecule has 0 spiro atoms. The van der Waals surface area contributed by atoms with Crippen LogP contribution in [0, 0.1) is 16.0 Å². The van der Waals surface area contributed by atoms with Crippen LogP contribution in [0.1, 0.15) is 28.8 Å². The van der Waals surface area contributed by atoms with Crippen LogP contribution in [0.3, 0.4) is 0 Å². The number of piperidine rings is 1. The van der Waals surface area contributed by atoms with E-state index in [-0.39, 0.29) is 42.2 Å². The number of rotatable bonds is 5. The van der Waals surface area contributed by atoms with Crippen LogP contribution >= 0.6 is 0 Å². The number of nitrogens with one attached hydrogen (secondary N) is 1. The number of likely N-dealkylation sites (tertiary alicyclic amines) is 1. The van der Waals surface area contributed by atoms with Crippen molar-refractivity contribution in [2.75, 3.05) is 25.0 Å². The number of amides is 2. The summed E-state index contributed by atoms with van der Waals surface area (Å²) in [5, 5.41) is 13.9. The van der Waals surface area contributed by atoms with Gasteiger partial charge in [0, 0.05) is 36.2 Å². The predicted molar refractivity (Wildman–Crippen MR) is 111 cm³/mol. The fourth-order valence-corrected chi connectivity index (χ4v) is 3.98. The molecule has 0 aliphatic carbocycles. The number of nitrogens with zero attached hydrogens (tertiary/aromatic N) is 2. The van der Waals surface area contributed by atoms with Crippen LogP contribution in [0.4, 0.5) is 11.4 Å². The maximum Gasteiger partial charge on any atom is 0.273 e. The summed E-state index contributed by atoms with van der Waals surface area (Å²) in [6.45, 7) is 0.792. The third kappa shape index (κ3) is 4.40. The third-order valence-electron chi connectivity index (χ3n) is 5.65. The van der Waals surface area contributed by atoms with Gasteiger partial charge in [-0.3, -0.25) is 24.5 Å². The molecule has 0 saturated carbocycles. The number of carbonyl (C=O) groups is 3. The number of fused-ring (bicyclic) bond motifs is 1. The molecule has 0 radical (unpaired) electrons. The summed E-state index contributed by atoms with van der Waals surface area (Å²) in [4.78, 5) is 49.4. The molecule has 0 aromatic heterocycles. The molecule has 31 heavy (non-hydrogen) atoms. The molecule has 4 rings (SSSR count). The van der Waals surface area contributed by atoms with Crippen molar-refractivity contribution in [1.82, 2.24) is 4.90 Å². The Bertz CT molecular complexity index is 1060. The molecule has 2 aromatic rings. The standard InChI is InChI=1S/C22H21N3O6/c26-20-13-31-19-6-5-16(11-17(19)23-20)22(28)14-7-9-24(10-8-14)21(27)12-15-3-1-2-4-18(15)25(29)30/h1-6,11,14H,7-10,12-13H2,(H,23,26). The molecule has 1 saturated heterocycles. The number of Topliss-reactive ketones (excluding diaryl/α,β-unsaturated/α-hetero) is 1. The van der Waals surface area contributed by atoms with E-state index in [0.29, 0.717) is 48.5 Å². The normalized spacial score (nSPS) is 16.1. The smallest absolute Gasteiger partial charge is 0.273 e. The number of carbonyl (C=O) groups excluding carboxylic acids is 3. The van der Waals surface area contributed by atoms with Crippen molar-refractivity contribution in [2.24, 2.45) is 5.92 Å². The van der Waals surface area contributed by atoms with E-state index in [9.17, 15) is 24.5 Å². The average molecular weight is 423 g/mol. The Morgan fingerprint density at radius 3 is 2.65 bits per heavy atom. The predicted octanol–water partition coefficient (Wildman–Crippen LogP) is 2.59. The zero-order chi connectivity index (χ0) is 22.0. The van der Waals surface area contributed by atoms with Crippen molar-refractivity contribution in [2.45, 2.75) is 19.3 Å². The highest BCUT2D eigenvalue weighted by Gasteiger charge is 2.29. The highest BCUT2D eigenvalue weighted by Crippen LogP contribution is 2.31. The van der Waals surface area contributed by atoms with Gasteiger partial charge in [-0.25, -0.2) is 0 Å². The summed E-state index contributed by atoms with van der Waals surface area (Å²) in [7, 11) is 0. The quantitative estimate of drug-likeness (QED) is 0.449. The Morgan fingerprint density at radius 1 is 1.16 bits per heavy atom. The van der Waals surface area contributed by atoms with Gasteiger partial charge in [0.15, 0.2) is 12.4 Å². The lowest BCUT2D eigenvalue weighted by molar-refractivity contribution is -0.385. The summed E-state index contributed by atoms with van der Waals surface area (Å²) in [6, 6.07) is 11.2. The molecule has 2 heterocycles. The maximum absolute atomic E-state index is 12.9. The second kappa shape index (κ2) is 8.55. The van der Waals surface area contributed by atoms with Crippen molar-refractivity contribution in [3.63, 3.8) is 0 Å². The highest BCUT2D eigenvalue weighted by molar-refractivity contribution is 6.01. The zero-order valence-corrected chi connectivity index (χ0v) is 16.7. The number of para-hydroxylation sites is 1. The fourth-order valence-electron chi connectivity index (χ4n) is 3.98. The number of ketones is 1. The van der Waals surface area contributed by atoms with Crippen molar-refractivity contribution in [3.8, 4) is 5.75 Å². The molecule has 1 fully saturated rings. The van der Waals surface area contributed by atoms with Gasteiger partial charge in [-0.15, -0.1) is 0 Å². The molecular weight excluding hydrogens is 402 g/mol. The number of nitro benzene ring substituents is 1. The summed E-state index contributed by atoms with van der Waals surface area (Å²) in [5.41, 5.74) is 1.30. The zero-order valence-electron chi connectivity index (χ0n) is 16.7. The Balaban J connectivity index is 1.37. The summed E-state index contributed by atoms with van der Waals surface area (Å²) in [5.74, 6) is -0.176. The first kappa shape index (κ1) is 20.5. The lowest BCUT2D eigenvalue weighted by Gasteiger charge is -2.31. The molecule has 0 bridgehead atoms. The maximum atomic E-state index is 12.9. The van der Waals surface area contributed by atoms with E-state index >= 15 is 0 Å². The lowest BCUT2D eigenvalue weighted by atomic mass is 9.88. The fraction of sp³-hybridized carbons (Fsp3) is 0.318. The van der Waals surface area contributed by atoms with Crippen LogP contribution in [0.25, 0.3) is 0 Å². The van der Waals surface area contributed by atoms with Gasteiger partial charge in [0.2, 0.25) is 5.91 Å². The first-order valence-electron chi connectivity index (χ1n) is 10.0. The second-order valence-electron chi connectivity index (χ2n) is 7.63. The lowest BCUT2D eigenvalue weighted by Crippen LogP contribution is -2.41. The Hall–Kier alpha value is -3.75. The van der Waals surface area contributed by atoms with Gasteiger partial charge >= 0.3 is 0 Å². The monoisotopic (exact) mass is 423 g/mol. The minimum absolute atomic E-state index is 0.0339. The van der Waals surface area contributed by atoms with Crippen LogP contribution in [-0.2, 0) is 16.0 Å². The van der Waals surface area contributed by atoms with Gasteiger partial charge in [0.1, 0.15) is 5.75 Å². The molecule has 9 nitrogen and oxygen atoms in total. The molecule has 2 aromatic carbocycles. The summed E-state index contributed by atoms with van der Waals surface area (Å²) < 4.78 is 5.32. The van der Waals surface area contributed by atoms with Gasteiger partial charge in [-0.2, -0.15) is 0 Å². The Labute approximate surface area is 178 Å². The van der Waals surface area contributed by atoms with Crippen molar-refractivity contribution in [3.05, 3.63) is 63.7 Å². The van der Waals surface area contributed by atoms with E-state index < -0.39 is 4.92 Å². The van der Waals surface area contributed by atoms with E-state index in [1.165, 1.54) is 6.07 Å². The molecule has 9 heteroatoms. The first-order chi connectivity index (χ1) is 14.9. The summed E-state index contributed by atoms with van der Waals surface area (Å²) >= 11 is 0. The molecule has 2 aliphatic heterocycles. The van der Waals surface area contributed by atoms with Crippen LogP contribution in [0.5, 0.6) is 5.75 Å². The molecule has 0 unspecified atom stereocenters. The molecular formula is C22H21N3O6. The van der Waals surface area contributed by atoms with Gasteiger partial charge in [-0.05, 0) is 31.0 Å². The SMILES string of the molecule is O=C1COc2ccc(C(=O)C3CCN(C(=O)Cc4ccccc4[N+](=O)[O-])CC3)cc2N1. The van der Waals surface area contributed by atoms with E-state index in [4.69, 9.17) is 4.74 Å². The minimum Gasteiger partial charge on any atom is -0.482 e. The molecule has 2 amide bonds. The first-order valence-corrected chi connectivity index (χ1v) is 10.0. The van der Waals surface area contributed by atoms with E-state index in [2.05, 4.69) is 5.32 Å². The number of anilines is 1. The molecule has 2 aliphatic rings. The van der Waals surface area contributed by atoms with E-state index in [1.54, 1.807) is 41.3 Å². The largest absolute Gasteiger partial charge is 0.482 e. The Kier molecular flexibility index (Phi) is 5.66. The van der Waals surface area contributed by atoms with Gasteiger partial charge < -0.3 is 15.0 Å². The van der Waals surface area contributed by atoms with Gasteiger partial charge in [0.05, 0.1) is 17.0 Å². The second-order valence-corrected chi connectivity index (χ2v) is 7.63. The summed E-state index contributed by atoms with van der Waals surface area (Å²) in [6.07, 6.45) is 0.989. The number of hydrogen-bond donors (Lipinski definition) is 1. The van der Waals surface area contributed by atoms with Gasteiger partial charge in [0.25, 0.3) is 11.6 Å². The van der Waals surface area contributed by atoms with Crippen molar-refractivity contribution in [1.29, 1.82) is 0 Å². The highest BCUT2D eigenvalue weighted by atomic mass is 16.6. The number of ether oxygens (including phenoxy) is 1. The van der Waals surface area contributed by atoms with Gasteiger partial charge in [-0.1, -0.05) is 18.2 Å². The average Bonchev–Trinajstić information content (AvgIpc) is 2.78. The topological polar surface area (TPSA) is 119 Å². The molecule has 160 valence electrons. The van der Waals surface area contributed by atoms with Crippen LogP contribution in [0.15, 0.2) is 42.5 Å². The van der Waals surface area contributed by atoms with Crippen LogP contribution in [-0.4, -0.2) is 47.1 Å². The van der Waals surface area contributed by atoms with Crippen molar-refractivity contribution < 1.29 is 24.0 Å². The van der Waals surface area contributed by atoms with E-state index in [1.807, 2.05) is 0 Å². The minimum atomic E-state index is -0.487. The number of benzene rings is 2. The third-order valence-corrected chi connectivity index (χ3v) is 5.65. The molecule has 1 N–H and O–H groups in total. The number of nitro groups is 1. The van der Waals surface area contributed by atoms with Crippen LogP contribution in [0.2, 0.25) is 0 Å². The van der Waals surface area contributed by atoms with Crippen molar-refractivity contribution >= 4 is 29.0 Å². The van der Waals surface area contributed by atoms with Crippen LogP contribution < -0.4 is 10.1 Å². The Morgan fingerprint density at radius 2 is 1.90 bits per heavy atom. The number of hydrogen-bond acceptors (Lipinski definition) is 6. The molecule has 0 atom stereocenters. The van der Waals surface area contributed by atoms with E-state index in [0.717, 1.165) is 0 Å².